The average molecular weight is 269 g/mol. The second-order valence-electron chi connectivity index (χ2n) is 5.03. The van der Waals surface area contributed by atoms with Crippen LogP contribution in [0.15, 0.2) is 18.2 Å². The molecular formula is C14H20FNO3. The highest BCUT2D eigenvalue weighted by Gasteiger charge is 2.29. The van der Waals surface area contributed by atoms with E-state index in [9.17, 15) is 14.6 Å². The summed E-state index contributed by atoms with van der Waals surface area (Å²) in [4.78, 5) is 0. The molecule has 0 radical (unpaired) electrons. The zero-order valence-electron chi connectivity index (χ0n) is 11.0. The van der Waals surface area contributed by atoms with Gasteiger partial charge in [-0.1, -0.05) is 6.92 Å². The summed E-state index contributed by atoms with van der Waals surface area (Å²) in [5.41, 5.74) is 0.186. The van der Waals surface area contributed by atoms with E-state index < -0.39 is 5.54 Å². The molecule has 3 N–H and O–H groups in total. The predicted molar refractivity (Wildman–Crippen MR) is 69.7 cm³/mol. The molecule has 0 spiro atoms. The summed E-state index contributed by atoms with van der Waals surface area (Å²) in [6.45, 7) is 2.15. The van der Waals surface area contributed by atoms with Crippen LogP contribution in [0.5, 0.6) is 5.75 Å². The molecule has 1 atom stereocenters. The molecule has 0 saturated heterocycles. The molecule has 1 aliphatic rings. The van der Waals surface area contributed by atoms with Crippen LogP contribution in [0.1, 0.15) is 18.9 Å². The first-order valence-corrected chi connectivity index (χ1v) is 6.54. The molecule has 1 heterocycles. The van der Waals surface area contributed by atoms with E-state index in [1.54, 1.807) is 6.07 Å². The van der Waals surface area contributed by atoms with Gasteiger partial charge < -0.3 is 20.3 Å². The Balaban J connectivity index is 1.93. The number of benzene rings is 1. The van der Waals surface area contributed by atoms with Gasteiger partial charge in [-0.05, 0) is 24.6 Å². The molecule has 1 unspecified atom stereocenters. The van der Waals surface area contributed by atoms with Crippen molar-refractivity contribution in [1.29, 1.82) is 0 Å². The van der Waals surface area contributed by atoms with Crippen LogP contribution in [0.4, 0.5) is 4.39 Å². The van der Waals surface area contributed by atoms with E-state index in [-0.39, 0.29) is 25.1 Å². The van der Waals surface area contributed by atoms with Crippen molar-refractivity contribution in [3.63, 3.8) is 0 Å². The Hall–Kier alpha value is -1.17. The Morgan fingerprint density at radius 2 is 2.16 bits per heavy atom. The lowest BCUT2D eigenvalue weighted by Gasteiger charge is -2.31. The third kappa shape index (κ3) is 3.05. The van der Waals surface area contributed by atoms with E-state index in [0.717, 1.165) is 5.56 Å². The molecule has 0 bridgehead atoms. The van der Waals surface area contributed by atoms with Crippen molar-refractivity contribution in [3.05, 3.63) is 29.6 Å². The van der Waals surface area contributed by atoms with Crippen molar-refractivity contribution in [3.8, 4) is 5.75 Å². The summed E-state index contributed by atoms with van der Waals surface area (Å²) in [7, 11) is 0. The second kappa shape index (κ2) is 5.86. The van der Waals surface area contributed by atoms with E-state index >= 15 is 0 Å². The quantitative estimate of drug-likeness (QED) is 0.716. The number of aliphatic hydroxyl groups excluding tert-OH is 2. The predicted octanol–water partition coefficient (Wildman–Crippen LogP) is 0.852. The first-order valence-electron chi connectivity index (χ1n) is 6.54. The fraction of sp³-hybridized carbons (Fsp3) is 0.571. The molecule has 0 aliphatic carbocycles. The van der Waals surface area contributed by atoms with Crippen molar-refractivity contribution in [2.24, 2.45) is 0 Å². The highest BCUT2D eigenvalue weighted by Crippen LogP contribution is 2.29. The molecule has 0 aromatic heterocycles. The van der Waals surface area contributed by atoms with Crippen LogP contribution in [-0.4, -0.2) is 41.6 Å². The number of hydrogen-bond acceptors (Lipinski definition) is 4. The van der Waals surface area contributed by atoms with Crippen LogP contribution >= 0.6 is 0 Å². The third-order valence-electron chi connectivity index (χ3n) is 3.75. The number of halogens is 1. The second-order valence-corrected chi connectivity index (χ2v) is 5.03. The molecular weight excluding hydrogens is 249 g/mol. The number of fused-ring (bicyclic) bond motifs is 1. The van der Waals surface area contributed by atoms with Gasteiger partial charge >= 0.3 is 0 Å². The van der Waals surface area contributed by atoms with Gasteiger partial charge in [-0.25, -0.2) is 4.39 Å². The molecule has 19 heavy (non-hydrogen) atoms. The number of ether oxygens (including phenoxy) is 1. The number of hydrogen-bond donors (Lipinski definition) is 3. The van der Waals surface area contributed by atoms with Crippen molar-refractivity contribution >= 4 is 0 Å². The van der Waals surface area contributed by atoms with E-state index in [2.05, 4.69) is 5.32 Å². The molecule has 0 fully saturated rings. The Labute approximate surface area is 112 Å². The average Bonchev–Trinajstić information content (AvgIpc) is 2.83. The normalized spacial score (nSPS) is 18.2. The minimum absolute atomic E-state index is 0.0965. The van der Waals surface area contributed by atoms with Crippen molar-refractivity contribution in [2.75, 3.05) is 19.8 Å². The lowest BCUT2D eigenvalue weighted by Crippen LogP contribution is -2.53. The van der Waals surface area contributed by atoms with Crippen LogP contribution in [0, 0.1) is 5.82 Å². The van der Waals surface area contributed by atoms with Crippen LogP contribution in [-0.2, 0) is 6.42 Å². The monoisotopic (exact) mass is 269 g/mol. The lowest BCUT2D eigenvalue weighted by molar-refractivity contribution is 0.0776. The standard InChI is InChI=1S/C14H20FNO3/c1-2-14(8-17,9-18)16-7-12-6-10-5-11(15)3-4-13(10)19-12/h3-5,12,16-18H,2,6-9H2,1H3. The summed E-state index contributed by atoms with van der Waals surface area (Å²) < 4.78 is 18.8. The Bertz CT molecular complexity index is 426. The number of rotatable bonds is 6. The number of aliphatic hydroxyl groups is 2. The molecule has 1 aliphatic heterocycles. The van der Waals surface area contributed by atoms with Gasteiger partial charge in [-0.3, -0.25) is 0 Å². The van der Waals surface area contributed by atoms with Crippen LogP contribution in [0.3, 0.4) is 0 Å². The van der Waals surface area contributed by atoms with Crippen LogP contribution in [0.2, 0.25) is 0 Å². The van der Waals surface area contributed by atoms with Crippen molar-refractivity contribution in [1.82, 2.24) is 5.32 Å². The fourth-order valence-corrected chi connectivity index (χ4v) is 2.24. The van der Waals surface area contributed by atoms with Gasteiger partial charge in [0.1, 0.15) is 17.7 Å². The van der Waals surface area contributed by atoms with Gasteiger partial charge in [0.15, 0.2) is 0 Å². The smallest absolute Gasteiger partial charge is 0.123 e. The van der Waals surface area contributed by atoms with E-state index in [4.69, 9.17) is 4.74 Å². The first kappa shape index (κ1) is 14.2. The van der Waals surface area contributed by atoms with Gasteiger partial charge in [-0.2, -0.15) is 0 Å². The highest BCUT2D eigenvalue weighted by molar-refractivity contribution is 5.37. The zero-order valence-corrected chi connectivity index (χ0v) is 11.0. The van der Waals surface area contributed by atoms with Gasteiger partial charge in [0.05, 0.1) is 18.8 Å². The van der Waals surface area contributed by atoms with Gasteiger partial charge in [0, 0.05) is 18.5 Å². The fourth-order valence-electron chi connectivity index (χ4n) is 2.24. The third-order valence-corrected chi connectivity index (χ3v) is 3.75. The zero-order chi connectivity index (χ0) is 13.9. The van der Waals surface area contributed by atoms with Crippen LogP contribution < -0.4 is 10.1 Å². The topological polar surface area (TPSA) is 61.7 Å². The molecule has 1 aromatic rings. The molecule has 0 saturated carbocycles. The van der Waals surface area contributed by atoms with Gasteiger partial charge in [0.25, 0.3) is 0 Å². The summed E-state index contributed by atoms with van der Waals surface area (Å²) >= 11 is 0. The lowest BCUT2D eigenvalue weighted by atomic mass is 9.98. The molecule has 5 heteroatoms. The molecule has 2 rings (SSSR count). The van der Waals surface area contributed by atoms with Crippen molar-refractivity contribution in [2.45, 2.75) is 31.4 Å². The Morgan fingerprint density at radius 3 is 2.79 bits per heavy atom. The van der Waals surface area contributed by atoms with E-state index in [0.29, 0.717) is 25.1 Å². The Morgan fingerprint density at radius 1 is 1.42 bits per heavy atom. The van der Waals surface area contributed by atoms with Gasteiger partial charge in [0.2, 0.25) is 0 Å². The molecule has 0 amide bonds. The van der Waals surface area contributed by atoms with Crippen molar-refractivity contribution < 1.29 is 19.3 Å². The largest absolute Gasteiger partial charge is 0.488 e. The summed E-state index contributed by atoms with van der Waals surface area (Å²) in [6, 6.07) is 4.50. The summed E-state index contributed by atoms with van der Waals surface area (Å²) in [5.74, 6) is 0.452. The maximum absolute atomic E-state index is 13.1. The van der Waals surface area contributed by atoms with E-state index in [1.807, 2.05) is 6.92 Å². The maximum atomic E-state index is 13.1. The minimum Gasteiger partial charge on any atom is -0.488 e. The van der Waals surface area contributed by atoms with Gasteiger partial charge in [-0.15, -0.1) is 0 Å². The van der Waals surface area contributed by atoms with Crippen LogP contribution in [0.25, 0.3) is 0 Å². The van der Waals surface area contributed by atoms with E-state index in [1.165, 1.54) is 12.1 Å². The Kier molecular flexibility index (Phi) is 4.39. The summed E-state index contributed by atoms with van der Waals surface area (Å²) in [5, 5.41) is 21.8. The maximum Gasteiger partial charge on any atom is 0.123 e. The number of nitrogens with one attached hydrogen (secondary N) is 1. The highest BCUT2D eigenvalue weighted by atomic mass is 19.1. The SMILES string of the molecule is CCC(CO)(CO)NCC1Cc2cc(F)ccc2O1. The first-order chi connectivity index (χ1) is 9.12. The summed E-state index contributed by atoms with van der Waals surface area (Å²) in [6.07, 6.45) is 1.16. The molecule has 1 aromatic carbocycles. The molecule has 4 nitrogen and oxygen atoms in total. The molecule has 106 valence electrons. The minimum atomic E-state index is -0.677.